The van der Waals surface area contributed by atoms with Crippen molar-refractivity contribution in [3.63, 3.8) is 0 Å². The smallest absolute Gasteiger partial charge is 0.399 e. The van der Waals surface area contributed by atoms with E-state index in [1.54, 1.807) is 0 Å². The highest BCUT2D eigenvalue weighted by molar-refractivity contribution is 6.62. The van der Waals surface area contributed by atoms with E-state index in [4.69, 9.17) is 19.1 Å². The standard InChI is InChI=1S/C27H41BN4O4/c1-6-34-23-10-8-21(9-11-23)30-25(33)31-15-13-22(14-16-31)32-24-12-7-20(17-19(24)18-29-32)28-35-26(2,3)27(4,5)36-28/h7,12,17-18,21-23H,6,8-11,13-16H2,1-5H3,(H,30,33). The number of ether oxygens (including phenoxy) is 1. The maximum atomic E-state index is 12.9. The number of fused-ring (bicyclic) bond motifs is 1. The van der Waals surface area contributed by atoms with Crippen LogP contribution in [-0.4, -0.2) is 70.9 Å². The third-order valence-electron chi connectivity index (χ3n) is 8.65. The molecule has 9 heteroatoms. The summed E-state index contributed by atoms with van der Waals surface area (Å²) in [4.78, 5) is 14.8. The fraction of sp³-hybridized carbons (Fsp3) is 0.704. The summed E-state index contributed by atoms with van der Waals surface area (Å²) in [6.07, 6.45) is 8.16. The second kappa shape index (κ2) is 9.99. The second-order valence-corrected chi connectivity index (χ2v) is 11.6. The molecular formula is C27H41BN4O4. The van der Waals surface area contributed by atoms with Crippen LogP contribution >= 0.6 is 0 Å². The molecule has 0 atom stereocenters. The third-order valence-corrected chi connectivity index (χ3v) is 8.65. The number of hydrogen-bond donors (Lipinski definition) is 1. The molecular weight excluding hydrogens is 455 g/mol. The van der Waals surface area contributed by atoms with E-state index in [0.29, 0.717) is 6.10 Å². The first-order valence-electron chi connectivity index (χ1n) is 13.7. The number of aromatic nitrogens is 2. The molecule has 2 amide bonds. The van der Waals surface area contributed by atoms with Crippen molar-refractivity contribution in [3.8, 4) is 0 Å². The first-order valence-corrected chi connectivity index (χ1v) is 13.7. The van der Waals surface area contributed by atoms with E-state index in [1.807, 2.05) is 18.0 Å². The SMILES string of the molecule is CCOC1CCC(NC(=O)N2CCC(n3ncc4cc(B5OC(C)(C)C(C)(C)O5)ccc43)CC2)CC1. The summed E-state index contributed by atoms with van der Waals surface area (Å²) >= 11 is 0. The molecule has 36 heavy (non-hydrogen) atoms. The van der Waals surface area contributed by atoms with Gasteiger partial charge >= 0.3 is 13.1 Å². The molecule has 3 heterocycles. The van der Waals surface area contributed by atoms with Gasteiger partial charge in [0.25, 0.3) is 0 Å². The van der Waals surface area contributed by atoms with Crippen LogP contribution in [0.1, 0.15) is 79.2 Å². The van der Waals surface area contributed by atoms with Gasteiger partial charge in [0.15, 0.2) is 0 Å². The van der Waals surface area contributed by atoms with Gasteiger partial charge in [0, 0.05) is 31.1 Å². The fourth-order valence-electron chi connectivity index (χ4n) is 5.68. The molecule has 1 aromatic heterocycles. The van der Waals surface area contributed by atoms with E-state index < -0.39 is 0 Å². The first-order chi connectivity index (χ1) is 17.2. The minimum absolute atomic E-state index is 0.0747. The minimum Gasteiger partial charge on any atom is -0.399 e. The lowest BCUT2D eigenvalue weighted by Crippen LogP contribution is -2.49. The summed E-state index contributed by atoms with van der Waals surface area (Å²) < 4.78 is 20.3. The number of nitrogens with zero attached hydrogens (tertiary/aromatic N) is 3. The Bertz CT molecular complexity index is 1050. The van der Waals surface area contributed by atoms with Gasteiger partial charge in [-0.05, 0) is 84.7 Å². The van der Waals surface area contributed by atoms with Crippen molar-refractivity contribution in [1.29, 1.82) is 0 Å². The van der Waals surface area contributed by atoms with E-state index in [0.717, 1.165) is 74.6 Å². The normalized spacial score (nSPS) is 26.5. The molecule has 196 valence electrons. The zero-order valence-corrected chi connectivity index (χ0v) is 22.5. The van der Waals surface area contributed by atoms with Crippen LogP contribution in [0.5, 0.6) is 0 Å². The van der Waals surface area contributed by atoms with Gasteiger partial charge in [0.2, 0.25) is 0 Å². The number of amides is 2. The maximum Gasteiger partial charge on any atom is 0.494 e. The Morgan fingerprint density at radius 1 is 1.08 bits per heavy atom. The summed E-state index contributed by atoms with van der Waals surface area (Å²) in [5.41, 5.74) is 1.41. The number of carbonyl (C=O) groups excluding carboxylic acids is 1. The van der Waals surface area contributed by atoms with Crippen LogP contribution in [-0.2, 0) is 14.0 Å². The highest BCUT2D eigenvalue weighted by Crippen LogP contribution is 2.37. The molecule has 8 nitrogen and oxygen atoms in total. The monoisotopic (exact) mass is 496 g/mol. The van der Waals surface area contributed by atoms with Crippen molar-refractivity contribution in [3.05, 3.63) is 24.4 Å². The molecule has 2 aromatic rings. The molecule has 1 N–H and O–H groups in total. The van der Waals surface area contributed by atoms with E-state index in [1.165, 1.54) is 0 Å². The van der Waals surface area contributed by atoms with Crippen LogP contribution in [0.4, 0.5) is 4.79 Å². The van der Waals surface area contributed by atoms with Crippen molar-refractivity contribution in [2.75, 3.05) is 19.7 Å². The van der Waals surface area contributed by atoms with Gasteiger partial charge in [-0.3, -0.25) is 4.68 Å². The quantitative estimate of drug-likeness (QED) is 0.633. The Labute approximate surface area is 215 Å². The summed E-state index contributed by atoms with van der Waals surface area (Å²) in [5.74, 6) is 0. The van der Waals surface area contributed by atoms with Crippen LogP contribution in [0.2, 0.25) is 0 Å². The Hall–Kier alpha value is -2.10. The van der Waals surface area contributed by atoms with Gasteiger partial charge in [-0.25, -0.2) is 4.79 Å². The number of rotatable bonds is 5. The van der Waals surface area contributed by atoms with Gasteiger partial charge in [0.1, 0.15) is 0 Å². The third kappa shape index (κ3) is 5.02. The summed E-state index contributed by atoms with van der Waals surface area (Å²) in [6, 6.07) is 6.97. The first kappa shape index (κ1) is 25.6. The highest BCUT2D eigenvalue weighted by atomic mass is 16.7. The number of benzene rings is 1. The molecule has 5 rings (SSSR count). The topological polar surface area (TPSA) is 77.9 Å². The molecule has 1 saturated carbocycles. The summed E-state index contributed by atoms with van der Waals surface area (Å²) in [6.45, 7) is 12.6. The number of urea groups is 1. The van der Waals surface area contributed by atoms with Crippen molar-refractivity contribution in [2.45, 2.75) is 103 Å². The largest absolute Gasteiger partial charge is 0.494 e. The van der Waals surface area contributed by atoms with Gasteiger partial charge in [-0.15, -0.1) is 0 Å². The Morgan fingerprint density at radius 2 is 1.75 bits per heavy atom. The lowest BCUT2D eigenvalue weighted by atomic mass is 9.78. The number of carbonyl (C=O) groups is 1. The summed E-state index contributed by atoms with van der Waals surface area (Å²) in [5, 5.41) is 9.08. The van der Waals surface area contributed by atoms with E-state index in [2.05, 4.69) is 55.9 Å². The predicted molar refractivity (Wildman–Crippen MR) is 141 cm³/mol. The molecule has 3 aliphatic rings. The van der Waals surface area contributed by atoms with Gasteiger partial charge < -0.3 is 24.3 Å². The lowest BCUT2D eigenvalue weighted by molar-refractivity contribution is 0.00578. The molecule has 0 bridgehead atoms. The van der Waals surface area contributed by atoms with E-state index in [-0.39, 0.29) is 36.4 Å². The Morgan fingerprint density at radius 3 is 2.39 bits per heavy atom. The molecule has 1 aliphatic carbocycles. The van der Waals surface area contributed by atoms with Crippen LogP contribution in [0.15, 0.2) is 24.4 Å². The average Bonchev–Trinajstić information content (AvgIpc) is 3.37. The molecule has 0 unspecified atom stereocenters. The second-order valence-electron chi connectivity index (χ2n) is 11.6. The van der Waals surface area contributed by atoms with Gasteiger partial charge in [0.05, 0.1) is 35.1 Å². The van der Waals surface area contributed by atoms with Crippen molar-refractivity contribution in [2.24, 2.45) is 0 Å². The Balaban J connectivity index is 1.17. The van der Waals surface area contributed by atoms with E-state index >= 15 is 0 Å². The number of nitrogens with one attached hydrogen (secondary N) is 1. The zero-order valence-electron chi connectivity index (χ0n) is 22.5. The number of likely N-dealkylation sites (tertiary alicyclic amines) is 1. The zero-order chi connectivity index (χ0) is 25.5. The van der Waals surface area contributed by atoms with Crippen molar-refractivity contribution in [1.82, 2.24) is 20.0 Å². The number of piperidine rings is 1. The van der Waals surface area contributed by atoms with Crippen molar-refractivity contribution >= 4 is 29.5 Å². The number of hydrogen-bond acceptors (Lipinski definition) is 5. The van der Waals surface area contributed by atoms with Crippen LogP contribution < -0.4 is 10.8 Å². The predicted octanol–water partition coefficient (Wildman–Crippen LogP) is 4.03. The summed E-state index contributed by atoms with van der Waals surface area (Å²) in [7, 11) is -0.376. The van der Waals surface area contributed by atoms with E-state index in [9.17, 15) is 4.79 Å². The Kier molecular flexibility index (Phi) is 7.09. The van der Waals surface area contributed by atoms with Crippen LogP contribution in [0.25, 0.3) is 10.9 Å². The molecule has 3 fully saturated rings. The molecule has 2 aliphatic heterocycles. The molecule has 1 aromatic carbocycles. The molecule has 2 saturated heterocycles. The van der Waals surface area contributed by atoms with Gasteiger partial charge in [-0.1, -0.05) is 12.1 Å². The minimum atomic E-state index is -0.376. The maximum absolute atomic E-state index is 12.9. The van der Waals surface area contributed by atoms with Crippen LogP contribution in [0, 0.1) is 0 Å². The fourth-order valence-corrected chi connectivity index (χ4v) is 5.68. The van der Waals surface area contributed by atoms with Gasteiger partial charge in [-0.2, -0.15) is 5.10 Å². The van der Waals surface area contributed by atoms with Crippen LogP contribution in [0.3, 0.4) is 0 Å². The average molecular weight is 496 g/mol. The van der Waals surface area contributed by atoms with Crippen molar-refractivity contribution < 1.29 is 18.8 Å². The lowest BCUT2D eigenvalue weighted by Gasteiger charge is -2.35. The highest BCUT2D eigenvalue weighted by Gasteiger charge is 2.51. The molecule has 0 radical (unpaired) electrons. The molecule has 0 spiro atoms.